The summed E-state index contributed by atoms with van der Waals surface area (Å²) in [6.07, 6.45) is 0. The van der Waals surface area contributed by atoms with Crippen molar-refractivity contribution >= 4 is 11.3 Å². The van der Waals surface area contributed by atoms with E-state index in [1.807, 2.05) is 22.9 Å². The Kier molecular flexibility index (Phi) is 5.02. The third-order valence-electron chi connectivity index (χ3n) is 1.17. The quantitative estimate of drug-likeness (QED) is 0.594. The molecular weight excluding hydrogens is 160 g/mol. The van der Waals surface area contributed by atoms with E-state index in [0.717, 1.165) is 26.4 Å². The normalized spacial score (nSPS) is 16.7. The van der Waals surface area contributed by atoms with Crippen molar-refractivity contribution < 1.29 is 9.47 Å². The summed E-state index contributed by atoms with van der Waals surface area (Å²) in [6.45, 7) is 3.11. The van der Waals surface area contributed by atoms with Crippen molar-refractivity contribution in [3.63, 3.8) is 0 Å². The Hall–Kier alpha value is -0.380. The highest BCUT2D eigenvalue weighted by atomic mass is 32.1. The van der Waals surface area contributed by atoms with Crippen molar-refractivity contribution in [2.45, 2.75) is 0 Å². The molecule has 1 aliphatic heterocycles. The average molecular weight is 172 g/mol. The van der Waals surface area contributed by atoms with Crippen LogP contribution in [-0.2, 0) is 9.47 Å². The van der Waals surface area contributed by atoms with Crippen LogP contribution in [0.1, 0.15) is 0 Å². The van der Waals surface area contributed by atoms with Gasteiger partial charge < -0.3 is 9.47 Å². The van der Waals surface area contributed by atoms with Crippen molar-refractivity contribution in [2.24, 2.45) is 0 Å². The van der Waals surface area contributed by atoms with E-state index in [2.05, 4.69) is 0 Å². The van der Waals surface area contributed by atoms with Crippen molar-refractivity contribution in [1.82, 2.24) is 0 Å². The fourth-order valence-corrected chi connectivity index (χ4v) is 1.12. The number of rotatable bonds is 0. The van der Waals surface area contributed by atoms with E-state index in [4.69, 9.17) is 9.47 Å². The van der Waals surface area contributed by atoms with E-state index in [1.165, 1.54) is 0 Å². The van der Waals surface area contributed by atoms with Crippen LogP contribution in [0.25, 0.3) is 0 Å². The van der Waals surface area contributed by atoms with E-state index in [0.29, 0.717) is 0 Å². The van der Waals surface area contributed by atoms with Gasteiger partial charge >= 0.3 is 0 Å². The lowest BCUT2D eigenvalue weighted by Gasteiger charge is -2.09. The van der Waals surface area contributed by atoms with E-state index in [9.17, 15) is 0 Å². The molecule has 11 heavy (non-hydrogen) atoms. The molecule has 1 aromatic rings. The van der Waals surface area contributed by atoms with Crippen LogP contribution in [0.15, 0.2) is 22.9 Å². The third kappa shape index (κ3) is 4.95. The van der Waals surface area contributed by atoms with E-state index in [1.54, 1.807) is 11.3 Å². The minimum Gasteiger partial charge on any atom is -0.377 e. The van der Waals surface area contributed by atoms with Gasteiger partial charge in [0, 0.05) is 0 Å². The molecule has 2 heterocycles. The van der Waals surface area contributed by atoms with Crippen LogP contribution in [0.3, 0.4) is 0 Å². The van der Waals surface area contributed by atoms with Gasteiger partial charge in [-0.05, 0) is 10.8 Å². The molecule has 0 N–H and O–H groups in total. The maximum absolute atomic E-state index is 4.94. The molecule has 62 valence electrons. The Morgan fingerprint density at radius 3 is 1.45 bits per heavy atom. The van der Waals surface area contributed by atoms with Crippen molar-refractivity contribution in [3.05, 3.63) is 22.9 Å². The molecule has 1 saturated heterocycles. The second kappa shape index (κ2) is 6.34. The van der Waals surface area contributed by atoms with Crippen LogP contribution in [0, 0.1) is 0 Å². The molecule has 0 saturated carbocycles. The molecule has 3 heteroatoms. The fourth-order valence-electron chi connectivity index (χ4n) is 0.667. The maximum atomic E-state index is 4.94. The third-order valence-corrected chi connectivity index (χ3v) is 1.80. The van der Waals surface area contributed by atoms with Gasteiger partial charge in [-0.2, -0.15) is 11.3 Å². The lowest BCUT2D eigenvalue weighted by Crippen LogP contribution is -2.16. The Morgan fingerprint density at radius 2 is 1.27 bits per heavy atom. The zero-order valence-corrected chi connectivity index (χ0v) is 7.18. The Balaban J connectivity index is 0.000000112. The van der Waals surface area contributed by atoms with Crippen molar-refractivity contribution in [3.8, 4) is 0 Å². The molecule has 0 atom stereocenters. The number of hydrogen-bond donors (Lipinski definition) is 0. The Bertz CT molecular complexity index is 118. The zero-order chi connectivity index (χ0) is 7.78. The van der Waals surface area contributed by atoms with Gasteiger partial charge in [-0.3, -0.25) is 0 Å². The lowest BCUT2D eigenvalue weighted by atomic mass is 10.6. The summed E-state index contributed by atoms with van der Waals surface area (Å²) >= 11 is 1.71. The highest BCUT2D eigenvalue weighted by Gasteiger charge is 1.94. The lowest BCUT2D eigenvalue weighted by molar-refractivity contribution is -0.0334. The molecule has 1 aliphatic rings. The predicted octanol–water partition coefficient (Wildman–Crippen LogP) is 1.78. The first kappa shape index (κ1) is 8.71. The smallest absolute Gasteiger partial charge is 0.0701 e. The van der Waals surface area contributed by atoms with Gasteiger partial charge in [-0.15, -0.1) is 0 Å². The SMILES string of the molecule is C1COCCO1.c1ccsc1. The summed E-state index contributed by atoms with van der Waals surface area (Å²) < 4.78 is 9.89. The topological polar surface area (TPSA) is 18.5 Å². The number of ether oxygens (including phenoxy) is 2. The fraction of sp³-hybridized carbons (Fsp3) is 0.500. The highest BCUT2D eigenvalue weighted by molar-refractivity contribution is 7.07. The summed E-state index contributed by atoms with van der Waals surface area (Å²) in [5.74, 6) is 0. The minimum absolute atomic E-state index is 0.778. The highest BCUT2D eigenvalue weighted by Crippen LogP contribution is 1.91. The van der Waals surface area contributed by atoms with Crippen LogP contribution < -0.4 is 0 Å². The second-order valence-corrected chi connectivity index (χ2v) is 2.83. The molecule has 1 aromatic heterocycles. The monoisotopic (exact) mass is 172 g/mol. The number of hydrogen-bond acceptors (Lipinski definition) is 3. The summed E-state index contributed by atoms with van der Waals surface area (Å²) in [5.41, 5.74) is 0. The van der Waals surface area contributed by atoms with Crippen molar-refractivity contribution in [1.29, 1.82) is 0 Å². The van der Waals surface area contributed by atoms with Crippen LogP contribution in [0.5, 0.6) is 0 Å². The predicted molar refractivity (Wildman–Crippen MR) is 46.0 cm³/mol. The van der Waals surface area contributed by atoms with Gasteiger partial charge in [-0.25, -0.2) is 0 Å². The molecule has 0 aromatic carbocycles. The first-order chi connectivity index (χ1) is 5.50. The largest absolute Gasteiger partial charge is 0.377 e. The molecular formula is C8H12O2S. The first-order valence-corrected chi connectivity index (χ1v) is 4.57. The van der Waals surface area contributed by atoms with Crippen LogP contribution in [0.4, 0.5) is 0 Å². The number of thiophene rings is 1. The summed E-state index contributed by atoms with van der Waals surface area (Å²) in [7, 11) is 0. The van der Waals surface area contributed by atoms with Gasteiger partial charge in [0.2, 0.25) is 0 Å². The standard InChI is InChI=1S/C4H8O2.C4H4S/c1-2-6-4-3-5-1;1-2-4-5-3-1/h1-4H2;1-4H. The molecule has 0 unspecified atom stereocenters. The summed E-state index contributed by atoms with van der Waals surface area (Å²) in [6, 6.07) is 4.04. The molecule has 2 nitrogen and oxygen atoms in total. The Morgan fingerprint density at radius 1 is 0.818 bits per heavy atom. The van der Waals surface area contributed by atoms with Crippen molar-refractivity contribution in [2.75, 3.05) is 26.4 Å². The van der Waals surface area contributed by atoms with E-state index < -0.39 is 0 Å². The van der Waals surface area contributed by atoms with Crippen LogP contribution in [-0.4, -0.2) is 26.4 Å². The minimum atomic E-state index is 0.778. The van der Waals surface area contributed by atoms with Gasteiger partial charge in [-0.1, -0.05) is 12.1 Å². The average Bonchev–Trinajstić information content (AvgIpc) is 2.64. The molecule has 1 fully saturated rings. The van der Waals surface area contributed by atoms with E-state index >= 15 is 0 Å². The zero-order valence-electron chi connectivity index (χ0n) is 6.36. The van der Waals surface area contributed by atoms with Gasteiger partial charge in [0.05, 0.1) is 26.4 Å². The van der Waals surface area contributed by atoms with Gasteiger partial charge in [0.15, 0.2) is 0 Å². The van der Waals surface area contributed by atoms with Gasteiger partial charge in [0.1, 0.15) is 0 Å². The Labute approximate surface area is 70.8 Å². The van der Waals surface area contributed by atoms with Crippen LogP contribution in [0.2, 0.25) is 0 Å². The summed E-state index contributed by atoms with van der Waals surface area (Å²) in [4.78, 5) is 0. The van der Waals surface area contributed by atoms with E-state index in [-0.39, 0.29) is 0 Å². The van der Waals surface area contributed by atoms with Gasteiger partial charge in [0.25, 0.3) is 0 Å². The molecule has 0 spiro atoms. The second-order valence-electron chi connectivity index (χ2n) is 2.02. The molecule has 0 aliphatic carbocycles. The molecule has 2 rings (SSSR count). The molecule has 0 radical (unpaired) electrons. The molecule has 0 bridgehead atoms. The van der Waals surface area contributed by atoms with Crippen LogP contribution >= 0.6 is 11.3 Å². The summed E-state index contributed by atoms with van der Waals surface area (Å²) in [5, 5.41) is 4.08. The first-order valence-electron chi connectivity index (χ1n) is 3.63. The molecule has 0 amide bonds. The maximum Gasteiger partial charge on any atom is 0.0701 e.